The van der Waals surface area contributed by atoms with Gasteiger partial charge in [-0.15, -0.1) is 0 Å². The molecule has 0 amide bonds. The summed E-state index contributed by atoms with van der Waals surface area (Å²) in [5.41, 5.74) is 0.981. The first-order valence-electron chi connectivity index (χ1n) is 4.68. The lowest BCUT2D eigenvalue weighted by Crippen LogP contribution is -1.86. The number of anilines is 1. The van der Waals surface area contributed by atoms with Gasteiger partial charge in [-0.2, -0.15) is 0 Å². The number of halogens is 3. The predicted octanol–water partition coefficient (Wildman–Crippen LogP) is 4.17. The van der Waals surface area contributed by atoms with E-state index in [0.717, 1.165) is 5.69 Å². The van der Waals surface area contributed by atoms with Crippen LogP contribution in [0.4, 0.5) is 5.69 Å². The fraction of sp³-hybridized carbons (Fsp3) is 0.0909. The molecule has 2 aromatic heterocycles. The van der Waals surface area contributed by atoms with Crippen LogP contribution in [0.1, 0.15) is 0 Å². The highest BCUT2D eigenvalue weighted by Crippen LogP contribution is 2.11. The number of rotatable bonds is 1. The van der Waals surface area contributed by atoms with Crippen molar-refractivity contribution in [2.24, 2.45) is 0 Å². The van der Waals surface area contributed by atoms with E-state index in [0.29, 0.717) is 15.3 Å². The highest BCUT2D eigenvalue weighted by Gasteiger charge is 1.88. The Bertz CT molecular complexity index is 460. The summed E-state index contributed by atoms with van der Waals surface area (Å²) in [5, 5.41) is 4.50. The number of hydrogen-bond donors (Lipinski definition) is 1. The van der Waals surface area contributed by atoms with Crippen LogP contribution in [0.25, 0.3) is 0 Å². The molecule has 0 aromatic carbocycles. The van der Waals surface area contributed by atoms with Gasteiger partial charge in [-0.3, -0.25) is 0 Å². The van der Waals surface area contributed by atoms with E-state index in [1.807, 2.05) is 13.1 Å². The molecule has 0 atom stereocenters. The molecule has 0 fully saturated rings. The highest BCUT2D eigenvalue weighted by molar-refractivity contribution is 6.33. The fourth-order valence-electron chi connectivity index (χ4n) is 0.937. The Morgan fingerprint density at radius 2 is 1.53 bits per heavy atom. The molecule has 90 valence electrons. The van der Waals surface area contributed by atoms with Gasteiger partial charge in [0, 0.05) is 30.2 Å². The molecule has 0 aliphatic heterocycles. The lowest BCUT2D eigenvalue weighted by molar-refractivity contribution is 1.32. The van der Waals surface area contributed by atoms with Crippen LogP contribution in [0.2, 0.25) is 15.3 Å². The van der Waals surface area contributed by atoms with Crippen LogP contribution in [0, 0.1) is 0 Å². The number of pyridine rings is 2. The summed E-state index contributed by atoms with van der Waals surface area (Å²) in [6.45, 7) is 0. The van der Waals surface area contributed by atoms with Crippen LogP contribution < -0.4 is 5.32 Å². The van der Waals surface area contributed by atoms with Crippen molar-refractivity contribution < 1.29 is 0 Å². The van der Waals surface area contributed by atoms with Crippen LogP contribution in [-0.2, 0) is 0 Å². The van der Waals surface area contributed by atoms with Crippen LogP contribution >= 0.6 is 34.8 Å². The molecule has 0 saturated carbocycles. The molecule has 1 N–H and O–H groups in total. The Labute approximate surface area is 115 Å². The zero-order valence-electron chi connectivity index (χ0n) is 8.99. The van der Waals surface area contributed by atoms with Gasteiger partial charge in [-0.25, -0.2) is 9.97 Å². The first-order chi connectivity index (χ1) is 8.11. The van der Waals surface area contributed by atoms with Crippen molar-refractivity contribution in [3.8, 4) is 0 Å². The van der Waals surface area contributed by atoms with Gasteiger partial charge in [0.1, 0.15) is 10.3 Å². The van der Waals surface area contributed by atoms with E-state index >= 15 is 0 Å². The summed E-state index contributed by atoms with van der Waals surface area (Å²) in [6, 6.07) is 6.88. The zero-order valence-corrected chi connectivity index (χ0v) is 11.3. The van der Waals surface area contributed by atoms with Gasteiger partial charge < -0.3 is 5.32 Å². The zero-order chi connectivity index (χ0) is 12.7. The van der Waals surface area contributed by atoms with E-state index in [4.69, 9.17) is 34.8 Å². The molecule has 0 unspecified atom stereocenters. The van der Waals surface area contributed by atoms with E-state index in [2.05, 4.69) is 15.3 Å². The minimum absolute atomic E-state index is 0.428. The van der Waals surface area contributed by atoms with Crippen molar-refractivity contribution in [1.29, 1.82) is 0 Å². The van der Waals surface area contributed by atoms with Gasteiger partial charge in [-0.1, -0.05) is 34.8 Å². The molecule has 0 spiro atoms. The molecule has 0 aliphatic carbocycles. The van der Waals surface area contributed by atoms with E-state index in [1.54, 1.807) is 30.6 Å². The molecule has 6 heteroatoms. The van der Waals surface area contributed by atoms with Crippen molar-refractivity contribution in [3.05, 3.63) is 52.0 Å². The van der Waals surface area contributed by atoms with Gasteiger partial charge in [0.05, 0.1) is 0 Å². The smallest absolute Gasteiger partial charge is 0.131 e. The molecule has 2 heterocycles. The lowest BCUT2D eigenvalue weighted by atomic mass is 10.4. The Kier molecular flexibility index (Phi) is 6.05. The summed E-state index contributed by atoms with van der Waals surface area (Å²) in [6.07, 6.45) is 3.22. The SMILES string of the molecule is CNc1ccnc(Cl)c1.Clc1ccnc(Cl)c1. The summed E-state index contributed by atoms with van der Waals surface area (Å²) in [7, 11) is 1.84. The van der Waals surface area contributed by atoms with Gasteiger partial charge >= 0.3 is 0 Å². The number of nitrogens with zero attached hydrogens (tertiary/aromatic N) is 2. The van der Waals surface area contributed by atoms with E-state index in [9.17, 15) is 0 Å². The first kappa shape index (κ1) is 14.0. The summed E-state index contributed by atoms with van der Waals surface area (Å²) in [5.74, 6) is 0. The average Bonchev–Trinajstić information content (AvgIpc) is 2.29. The molecule has 2 aromatic rings. The van der Waals surface area contributed by atoms with Crippen molar-refractivity contribution in [3.63, 3.8) is 0 Å². The second kappa shape index (κ2) is 7.33. The highest BCUT2D eigenvalue weighted by atomic mass is 35.5. The Morgan fingerprint density at radius 3 is 1.88 bits per heavy atom. The van der Waals surface area contributed by atoms with Crippen LogP contribution in [-0.4, -0.2) is 17.0 Å². The topological polar surface area (TPSA) is 37.8 Å². The van der Waals surface area contributed by atoms with Gasteiger partial charge in [0.15, 0.2) is 0 Å². The number of hydrogen-bond acceptors (Lipinski definition) is 3. The maximum Gasteiger partial charge on any atom is 0.131 e. The summed E-state index contributed by atoms with van der Waals surface area (Å²) in [4.78, 5) is 7.53. The first-order valence-corrected chi connectivity index (χ1v) is 5.81. The Morgan fingerprint density at radius 1 is 0.941 bits per heavy atom. The second-order valence-electron chi connectivity index (χ2n) is 2.91. The molecular weight excluding hydrogens is 281 g/mol. The van der Waals surface area contributed by atoms with Crippen LogP contribution in [0.5, 0.6) is 0 Å². The van der Waals surface area contributed by atoms with Crippen molar-refractivity contribution >= 4 is 40.5 Å². The third-order valence-corrected chi connectivity index (χ3v) is 2.35. The third kappa shape index (κ3) is 5.73. The maximum absolute atomic E-state index is 5.57. The van der Waals surface area contributed by atoms with Crippen molar-refractivity contribution in [1.82, 2.24) is 9.97 Å². The molecule has 0 radical (unpaired) electrons. The molecule has 0 saturated heterocycles. The summed E-state index contributed by atoms with van der Waals surface area (Å²) < 4.78 is 0. The van der Waals surface area contributed by atoms with Gasteiger partial charge in [-0.05, 0) is 24.3 Å². The standard InChI is InChI=1S/C6H7ClN2.C5H3Cl2N/c1-8-5-2-3-9-6(7)4-5;6-4-1-2-8-5(7)3-4/h2-4H,1H3,(H,8,9);1-3H. The van der Waals surface area contributed by atoms with Crippen molar-refractivity contribution in [2.45, 2.75) is 0 Å². The molecule has 0 aliphatic rings. The van der Waals surface area contributed by atoms with E-state index in [-0.39, 0.29) is 0 Å². The molecular formula is C11H10Cl3N3. The number of aromatic nitrogens is 2. The normalized spacial score (nSPS) is 9.18. The van der Waals surface area contributed by atoms with Gasteiger partial charge in [0.25, 0.3) is 0 Å². The minimum Gasteiger partial charge on any atom is -0.388 e. The summed E-state index contributed by atoms with van der Waals surface area (Å²) >= 11 is 16.5. The predicted molar refractivity (Wildman–Crippen MR) is 73.1 cm³/mol. The maximum atomic E-state index is 5.57. The lowest BCUT2D eigenvalue weighted by Gasteiger charge is -1.96. The fourth-order valence-corrected chi connectivity index (χ4v) is 1.50. The van der Waals surface area contributed by atoms with Crippen molar-refractivity contribution in [2.75, 3.05) is 12.4 Å². The second-order valence-corrected chi connectivity index (χ2v) is 4.12. The Balaban J connectivity index is 0.000000171. The quantitative estimate of drug-likeness (QED) is 0.801. The van der Waals surface area contributed by atoms with Crippen LogP contribution in [0.3, 0.4) is 0 Å². The molecule has 0 bridgehead atoms. The third-order valence-electron chi connectivity index (χ3n) is 1.70. The molecule has 3 nitrogen and oxygen atoms in total. The average molecular weight is 291 g/mol. The van der Waals surface area contributed by atoms with Crippen LogP contribution in [0.15, 0.2) is 36.7 Å². The van der Waals surface area contributed by atoms with Gasteiger partial charge in [0.2, 0.25) is 0 Å². The van der Waals surface area contributed by atoms with E-state index < -0.39 is 0 Å². The number of nitrogens with one attached hydrogen (secondary N) is 1. The monoisotopic (exact) mass is 289 g/mol. The molecule has 2 rings (SSSR count). The largest absolute Gasteiger partial charge is 0.388 e. The Hall–Kier alpha value is -1.03. The molecule has 17 heavy (non-hydrogen) atoms. The minimum atomic E-state index is 0.428. The van der Waals surface area contributed by atoms with E-state index in [1.165, 1.54) is 0 Å².